The van der Waals surface area contributed by atoms with Crippen LogP contribution in [0.4, 0.5) is 5.69 Å². The molecule has 4 aliphatic rings. The number of nitrogens with one attached hydrogen (secondary N) is 1. The molecule has 0 spiro atoms. The number of benzene rings is 1. The van der Waals surface area contributed by atoms with E-state index < -0.39 is 0 Å². The van der Waals surface area contributed by atoms with Crippen LogP contribution in [-0.2, 0) is 14.3 Å². The van der Waals surface area contributed by atoms with Crippen molar-refractivity contribution in [2.75, 3.05) is 19.0 Å². The second-order valence-corrected chi connectivity index (χ2v) is 8.50. The highest BCUT2D eigenvalue weighted by Crippen LogP contribution is 2.61. The van der Waals surface area contributed by atoms with E-state index in [4.69, 9.17) is 9.47 Å². The summed E-state index contributed by atoms with van der Waals surface area (Å²) < 4.78 is 10.5. The van der Waals surface area contributed by atoms with Gasteiger partial charge in [0.15, 0.2) is 6.61 Å². The van der Waals surface area contributed by atoms with Crippen molar-refractivity contribution in [3.05, 3.63) is 24.3 Å². The molecular weight excluding hydrogens is 330 g/mol. The molecule has 1 aromatic rings. The van der Waals surface area contributed by atoms with Crippen LogP contribution in [0.15, 0.2) is 24.3 Å². The van der Waals surface area contributed by atoms with E-state index >= 15 is 0 Å². The molecule has 0 saturated heterocycles. The van der Waals surface area contributed by atoms with Crippen LogP contribution < -0.4 is 10.1 Å². The zero-order valence-corrected chi connectivity index (χ0v) is 15.3. The third-order valence-corrected chi connectivity index (χ3v) is 6.43. The minimum Gasteiger partial charge on any atom is -0.495 e. The highest BCUT2D eigenvalue weighted by molar-refractivity contribution is 5.94. The monoisotopic (exact) mass is 357 g/mol. The van der Waals surface area contributed by atoms with Crippen molar-refractivity contribution >= 4 is 17.6 Å². The summed E-state index contributed by atoms with van der Waals surface area (Å²) in [6, 6.07) is 7.18. The summed E-state index contributed by atoms with van der Waals surface area (Å²) in [5.41, 5.74) is 0.724. The summed E-state index contributed by atoms with van der Waals surface area (Å²) in [6.07, 6.45) is 8.05. The number of esters is 1. The molecule has 140 valence electrons. The Kier molecular flexibility index (Phi) is 4.63. The molecule has 1 amide bonds. The Bertz CT molecular complexity index is 664. The Morgan fingerprint density at radius 2 is 1.69 bits per heavy atom. The van der Waals surface area contributed by atoms with Crippen LogP contribution in [0, 0.1) is 23.2 Å². The smallest absolute Gasteiger partial charge is 0.306 e. The number of hydrogen-bond donors (Lipinski definition) is 1. The average Bonchev–Trinajstić information content (AvgIpc) is 2.59. The molecule has 0 atom stereocenters. The first-order chi connectivity index (χ1) is 12.5. The number of hydrogen-bond acceptors (Lipinski definition) is 4. The molecule has 5 nitrogen and oxygen atoms in total. The summed E-state index contributed by atoms with van der Waals surface area (Å²) in [4.78, 5) is 24.5. The van der Waals surface area contributed by atoms with Gasteiger partial charge in [-0.1, -0.05) is 12.1 Å². The van der Waals surface area contributed by atoms with Crippen molar-refractivity contribution in [3.63, 3.8) is 0 Å². The van der Waals surface area contributed by atoms with Crippen molar-refractivity contribution < 1.29 is 19.1 Å². The third kappa shape index (κ3) is 3.57. The molecule has 0 radical (unpaired) electrons. The van der Waals surface area contributed by atoms with E-state index in [2.05, 4.69) is 5.32 Å². The van der Waals surface area contributed by atoms with Crippen LogP contribution in [0.25, 0.3) is 0 Å². The van der Waals surface area contributed by atoms with Gasteiger partial charge in [-0.15, -0.1) is 0 Å². The Morgan fingerprint density at radius 1 is 1.08 bits per heavy atom. The predicted octanol–water partition coefficient (Wildman–Crippen LogP) is 3.78. The number of rotatable bonds is 6. The molecule has 4 aliphatic carbocycles. The lowest BCUT2D eigenvalue weighted by atomic mass is 9.49. The predicted molar refractivity (Wildman–Crippen MR) is 97.8 cm³/mol. The van der Waals surface area contributed by atoms with Crippen LogP contribution in [-0.4, -0.2) is 25.6 Å². The number of amides is 1. The third-order valence-electron chi connectivity index (χ3n) is 6.43. The Labute approximate surface area is 154 Å². The first-order valence-corrected chi connectivity index (χ1v) is 9.64. The SMILES string of the molecule is COc1ccccc1NC(=O)COC(=O)CC12CC3CC(CC(C3)C1)C2. The van der Waals surface area contributed by atoms with Crippen molar-refractivity contribution in [1.82, 2.24) is 0 Å². The lowest BCUT2D eigenvalue weighted by Gasteiger charge is -2.56. The summed E-state index contributed by atoms with van der Waals surface area (Å²) >= 11 is 0. The molecule has 0 aliphatic heterocycles. The van der Waals surface area contributed by atoms with Crippen LogP contribution in [0.3, 0.4) is 0 Å². The summed E-state index contributed by atoms with van der Waals surface area (Å²) in [5.74, 6) is 2.44. The zero-order valence-electron chi connectivity index (χ0n) is 15.3. The van der Waals surface area contributed by atoms with E-state index in [0.29, 0.717) is 17.9 Å². The topological polar surface area (TPSA) is 64.6 Å². The molecule has 0 unspecified atom stereocenters. The molecule has 0 heterocycles. The van der Waals surface area contributed by atoms with Crippen LogP contribution in [0.2, 0.25) is 0 Å². The first-order valence-electron chi connectivity index (χ1n) is 9.64. The van der Waals surface area contributed by atoms with Gasteiger partial charge >= 0.3 is 5.97 Å². The van der Waals surface area contributed by atoms with Gasteiger partial charge in [-0.25, -0.2) is 0 Å². The number of anilines is 1. The van der Waals surface area contributed by atoms with Crippen molar-refractivity contribution in [3.8, 4) is 5.75 Å². The number of methoxy groups -OCH3 is 1. The van der Waals surface area contributed by atoms with E-state index in [1.807, 2.05) is 12.1 Å². The fourth-order valence-electron chi connectivity index (χ4n) is 5.94. The van der Waals surface area contributed by atoms with E-state index in [0.717, 1.165) is 17.8 Å². The van der Waals surface area contributed by atoms with Crippen molar-refractivity contribution in [1.29, 1.82) is 0 Å². The van der Waals surface area contributed by atoms with Gasteiger partial charge in [0.25, 0.3) is 5.91 Å². The number of carbonyl (C=O) groups is 2. The Morgan fingerprint density at radius 3 is 2.31 bits per heavy atom. The molecule has 26 heavy (non-hydrogen) atoms. The van der Waals surface area contributed by atoms with Gasteiger partial charge in [0.2, 0.25) is 0 Å². The van der Waals surface area contributed by atoms with E-state index in [-0.39, 0.29) is 23.9 Å². The summed E-state index contributed by atoms with van der Waals surface area (Å²) in [5, 5.41) is 2.74. The number of para-hydroxylation sites is 2. The zero-order chi connectivity index (χ0) is 18.1. The quantitative estimate of drug-likeness (QED) is 0.787. The fraction of sp³-hybridized carbons (Fsp3) is 0.619. The lowest BCUT2D eigenvalue weighted by Crippen LogP contribution is -2.47. The maximum atomic E-state index is 12.4. The second kappa shape index (κ2) is 6.93. The highest BCUT2D eigenvalue weighted by atomic mass is 16.5. The fourth-order valence-corrected chi connectivity index (χ4v) is 5.94. The molecule has 1 aromatic carbocycles. The Balaban J connectivity index is 1.28. The van der Waals surface area contributed by atoms with Gasteiger partial charge in [-0.3, -0.25) is 9.59 Å². The van der Waals surface area contributed by atoms with Crippen LogP contribution >= 0.6 is 0 Å². The second-order valence-electron chi connectivity index (χ2n) is 8.50. The summed E-state index contributed by atoms with van der Waals surface area (Å²) in [7, 11) is 1.55. The maximum absolute atomic E-state index is 12.4. The molecule has 1 N–H and O–H groups in total. The summed E-state index contributed by atoms with van der Waals surface area (Å²) in [6.45, 7) is -0.247. The molecular formula is C21H27NO4. The molecule has 4 fully saturated rings. The van der Waals surface area contributed by atoms with Crippen LogP contribution in [0.5, 0.6) is 5.75 Å². The largest absolute Gasteiger partial charge is 0.495 e. The number of ether oxygens (including phenoxy) is 2. The molecule has 0 aromatic heterocycles. The normalized spacial score (nSPS) is 31.5. The molecule has 5 heteroatoms. The highest BCUT2D eigenvalue weighted by Gasteiger charge is 2.51. The van der Waals surface area contributed by atoms with Crippen LogP contribution in [0.1, 0.15) is 44.9 Å². The molecule has 4 saturated carbocycles. The van der Waals surface area contributed by atoms with E-state index in [1.54, 1.807) is 19.2 Å². The first kappa shape index (κ1) is 17.4. The minimum atomic E-state index is -0.339. The van der Waals surface area contributed by atoms with Crippen molar-refractivity contribution in [2.24, 2.45) is 23.2 Å². The van der Waals surface area contributed by atoms with Gasteiger partial charge in [-0.05, 0) is 73.8 Å². The minimum absolute atomic E-state index is 0.144. The standard InChI is InChI=1S/C21H27NO4/c1-25-18-5-3-2-4-17(18)22-19(23)13-26-20(24)12-21-9-14-6-15(10-21)8-16(7-14)11-21/h2-5,14-16H,6-13H2,1H3,(H,22,23). The van der Waals surface area contributed by atoms with Crippen molar-refractivity contribution in [2.45, 2.75) is 44.9 Å². The van der Waals surface area contributed by atoms with Gasteiger partial charge < -0.3 is 14.8 Å². The number of carbonyl (C=O) groups excluding carboxylic acids is 2. The average molecular weight is 357 g/mol. The van der Waals surface area contributed by atoms with E-state index in [1.165, 1.54) is 38.5 Å². The van der Waals surface area contributed by atoms with Gasteiger partial charge in [0, 0.05) is 0 Å². The lowest BCUT2D eigenvalue weighted by molar-refractivity contribution is -0.154. The molecule has 5 rings (SSSR count). The Hall–Kier alpha value is -2.04. The van der Waals surface area contributed by atoms with E-state index in [9.17, 15) is 9.59 Å². The van der Waals surface area contributed by atoms with Gasteiger partial charge in [0.1, 0.15) is 5.75 Å². The van der Waals surface area contributed by atoms with Gasteiger partial charge in [0.05, 0.1) is 19.2 Å². The van der Waals surface area contributed by atoms with Gasteiger partial charge in [-0.2, -0.15) is 0 Å². The molecule has 4 bridgehead atoms. The maximum Gasteiger partial charge on any atom is 0.306 e.